The van der Waals surface area contributed by atoms with Crippen molar-refractivity contribution in [3.63, 3.8) is 0 Å². The molecule has 3 aromatic carbocycles. The zero-order valence-electron chi connectivity index (χ0n) is 17.9. The lowest BCUT2D eigenvalue weighted by atomic mass is 10.0. The van der Waals surface area contributed by atoms with E-state index in [0.717, 1.165) is 40.3 Å². The van der Waals surface area contributed by atoms with Crippen molar-refractivity contribution in [3.8, 4) is 28.5 Å². The van der Waals surface area contributed by atoms with Gasteiger partial charge in [0.2, 0.25) is 5.78 Å². The Hall–Kier alpha value is -3.99. The Morgan fingerprint density at radius 1 is 1.00 bits per heavy atom. The van der Waals surface area contributed by atoms with E-state index in [4.69, 9.17) is 4.74 Å². The van der Waals surface area contributed by atoms with Crippen LogP contribution in [0.3, 0.4) is 0 Å². The van der Waals surface area contributed by atoms with Gasteiger partial charge in [-0.2, -0.15) is 0 Å². The molecule has 0 atom stereocenters. The molecule has 4 aromatic rings. The number of nitrogens with zero attached hydrogens (tertiary/aromatic N) is 1. The molecule has 0 fully saturated rings. The lowest BCUT2D eigenvalue weighted by Crippen LogP contribution is -2.06. The van der Waals surface area contributed by atoms with Crippen LogP contribution >= 0.6 is 0 Å². The third-order valence-electron chi connectivity index (χ3n) is 5.62. The van der Waals surface area contributed by atoms with Crippen molar-refractivity contribution in [1.82, 2.24) is 4.57 Å². The van der Waals surface area contributed by atoms with Crippen molar-refractivity contribution in [2.45, 2.75) is 20.4 Å². The number of rotatable bonds is 4. The number of fused-ring (bicyclic) bond motifs is 2. The topological polar surface area (TPSA) is 71.7 Å². The summed E-state index contributed by atoms with van der Waals surface area (Å²) in [5.74, 6) is -0.163. The molecule has 2 N–H and O–H groups in total. The third kappa shape index (κ3) is 3.23. The molecule has 0 saturated carbocycles. The van der Waals surface area contributed by atoms with Crippen molar-refractivity contribution in [3.05, 3.63) is 83.6 Å². The Kier molecular flexibility index (Phi) is 4.74. The van der Waals surface area contributed by atoms with E-state index in [9.17, 15) is 15.0 Å². The number of allylic oxidation sites excluding steroid dienone is 1. The second-order valence-electron chi connectivity index (χ2n) is 8.43. The average molecular weight is 425 g/mol. The highest BCUT2D eigenvalue weighted by atomic mass is 16.5. The molecule has 2 heterocycles. The summed E-state index contributed by atoms with van der Waals surface area (Å²) in [6.45, 7) is 5.17. The molecule has 0 spiro atoms. The maximum Gasteiger partial charge on any atom is 0.235 e. The highest BCUT2D eigenvalue weighted by molar-refractivity contribution is 6.17. The molecule has 1 aliphatic heterocycles. The van der Waals surface area contributed by atoms with Gasteiger partial charge in [0.05, 0.1) is 5.69 Å². The largest absolute Gasteiger partial charge is 0.508 e. The van der Waals surface area contributed by atoms with Gasteiger partial charge in [0.15, 0.2) is 5.76 Å². The first-order valence-corrected chi connectivity index (χ1v) is 10.6. The summed E-state index contributed by atoms with van der Waals surface area (Å²) in [4.78, 5) is 13.1. The number of hydrogen-bond acceptors (Lipinski definition) is 4. The molecule has 0 radical (unpaired) electrons. The first kappa shape index (κ1) is 19.9. The Morgan fingerprint density at radius 3 is 2.47 bits per heavy atom. The van der Waals surface area contributed by atoms with Crippen LogP contribution in [0.15, 0.2) is 72.5 Å². The monoisotopic (exact) mass is 425 g/mol. The van der Waals surface area contributed by atoms with E-state index in [2.05, 4.69) is 36.6 Å². The molecule has 1 aromatic heterocycles. The zero-order chi connectivity index (χ0) is 22.4. The van der Waals surface area contributed by atoms with Gasteiger partial charge in [-0.15, -0.1) is 0 Å². The zero-order valence-corrected chi connectivity index (χ0v) is 17.9. The SMILES string of the molecule is CC(C)Cn1c(-c2ccccc2)c(/C=C2\Oc3cc(O)cc(O)c3C2=O)c2ccccc21. The number of carbonyl (C=O) groups is 1. The summed E-state index contributed by atoms with van der Waals surface area (Å²) >= 11 is 0. The van der Waals surface area contributed by atoms with Crippen LogP contribution < -0.4 is 4.74 Å². The van der Waals surface area contributed by atoms with E-state index >= 15 is 0 Å². The number of para-hydroxylation sites is 1. The molecule has 0 saturated heterocycles. The summed E-state index contributed by atoms with van der Waals surface area (Å²) < 4.78 is 8.09. The lowest BCUT2D eigenvalue weighted by molar-refractivity contribution is 0.101. The number of ketones is 1. The van der Waals surface area contributed by atoms with Gasteiger partial charge in [-0.3, -0.25) is 4.79 Å². The fourth-order valence-corrected chi connectivity index (χ4v) is 4.35. The number of phenols is 2. The van der Waals surface area contributed by atoms with E-state index in [1.54, 1.807) is 6.08 Å². The molecular formula is C27H23NO4. The molecule has 5 heteroatoms. The normalized spacial score (nSPS) is 14.3. The number of Topliss-reactive ketones (excluding diaryl/α,β-unsaturated/α-hetero) is 1. The quantitative estimate of drug-likeness (QED) is 0.394. The molecule has 0 bridgehead atoms. The van der Waals surface area contributed by atoms with E-state index in [1.807, 2.05) is 36.4 Å². The molecule has 160 valence electrons. The van der Waals surface area contributed by atoms with Crippen LogP contribution in [0, 0.1) is 5.92 Å². The van der Waals surface area contributed by atoms with Crippen molar-refractivity contribution >= 4 is 22.8 Å². The van der Waals surface area contributed by atoms with Gasteiger partial charge in [0.25, 0.3) is 0 Å². The van der Waals surface area contributed by atoms with Gasteiger partial charge in [0, 0.05) is 35.1 Å². The highest BCUT2D eigenvalue weighted by Gasteiger charge is 2.32. The number of phenolic OH excluding ortho intramolecular Hbond substituents is 2. The van der Waals surface area contributed by atoms with Gasteiger partial charge in [-0.25, -0.2) is 0 Å². The van der Waals surface area contributed by atoms with Gasteiger partial charge in [0.1, 0.15) is 22.8 Å². The van der Waals surface area contributed by atoms with Crippen molar-refractivity contribution in [2.24, 2.45) is 5.92 Å². The van der Waals surface area contributed by atoms with Gasteiger partial charge in [-0.05, 0) is 23.6 Å². The number of ether oxygens (including phenoxy) is 1. The van der Waals surface area contributed by atoms with Crippen LogP contribution in [0.2, 0.25) is 0 Å². The predicted octanol–water partition coefficient (Wildman–Crippen LogP) is 5.99. The standard InChI is InChI=1S/C27H23NO4/c1-16(2)15-28-21-11-7-6-10-19(21)20(26(28)17-8-4-3-5-9-17)14-24-27(31)25-22(30)12-18(29)13-23(25)32-24/h3-14,16,29-30H,15H2,1-2H3/b24-14-. The van der Waals surface area contributed by atoms with Crippen LogP contribution in [0.4, 0.5) is 0 Å². The molecule has 1 aliphatic rings. The van der Waals surface area contributed by atoms with E-state index in [-0.39, 0.29) is 28.6 Å². The summed E-state index contributed by atoms with van der Waals surface area (Å²) in [6.07, 6.45) is 1.75. The van der Waals surface area contributed by atoms with Crippen LogP contribution in [-0.4, -0.2) is 20.6 Å². The smallest absolute Gasteiger partial charge is 0.235 e. The van der Waals surface area contributed by atoms with Crippen LogP contribution in [0.5, 0.6) is 17.2 Å². The van der Waals surface area contributed by atoms with Crippen LogP contribution in [0.1, 0.15) is 29.8 Å². The molecule has 32 heavy (non-hydrogen) atoms. The second kappa shape index (κ2) is 7.61. The summed E-state index contributed by atoms with van der Waals surface area (Å²) in [6, 6.07) is 20.7. The maximum absolute atomic E-state index is 13.1. The van der Waals surface area contributed by atoms with Gasteiger partial charge >= 0.3 is 0 Å². The summed E-state index contributed by atoms with van der Waals surface area (Å²) in [5, 5.41) is 21.0. The summed E-state index contributed by atoms with van der Waals surface area (Å²) in [5.41, 5.74) is 4.08. The molecular weight excluding hydrogens is 402 g/mol. The second-order valence-corrected chi connectivity index (χ2v) is 8.43. The molecule has 5 nitrogen and oxygen atoms in total. The number of aromatic nitrogens is 1. The molecule has 0 amide bonds. The fourth-order valence-electron chi connectivity index (χ4n) is 4.35. The Labute approximate surface area is 185 Å². The number of hydrogen-bond donors (Lipinski definition) is 2. The Balaban J connectivity index is 1.76. The minimum absolute atomic E-state index is 0.0706. The molecule has 5 rings (SSSR count). The minimum Gasteiger partial charge on any atom is -0.508 e. The van der Waals surface area contributed by atoms with E-state index in [0.29, 0.717) is 5.92 Å². The van der Waals surface area contributed by atoms with Gasteiger partial charge in [-0.1, -0.05) is 62.4 Å². The minimum atomic E-state index is -0.405. The Morgan fingerprint density at radius 2 is 1.72 bits per heavy atom. The predicted molar refractivity (Wildman–Crippen MR) is 125 cm³/mol. The average Bonchev–Trinajstić information content (AvgIpc) is 3.23. The van der Waals surface area contributed by atoms with Crippen LogP contribution in [-0.2, 0) is 6.54 Å². The number of aromatic hydroxyl groups is 2. The van der Waals surface area contributed by atoms with Gasteiger partial charge < -0.3 is 19.5 Å². The highest BCUT2D eigenvalue weighted by Crippen LogP contribution is 2.42. The first-order chi connectivity index (χ1) is 15.4. The van der Waals surface area contributed by atoms with Crippen molar-refractivity contribution < 1.29 is 19.7 Å². The molecule has 0 aliphatic carbocycles. The summed E-state index contributed by atoms with van der Waals surface area (Å²) in [7, 11) is 0. The first-order valence-electron chi connectivity index (χ1n) is 10.6. The molecule has 0 unspecified atom stereocenters. The van der Waals surface area contributed by atoms with Crippen LogP contribution in [0.25, 0.3) is 28.2 Å². The number of benzene rings is 3. The third-order valence-corrected chi connectivity index (χ3v) is 5.62. The Bertz CT molecular complexity index is 1380. The fraction of sp³-hybridized carbons (Fsp3) is 0.148. The lowest BCUT2D eigenvalue weighted by Gasteiger charge is -2.14. The maximum atomic E-state index is 13.1. The van der Waals surface area contributed by atoms with E-state index < -0.39 is 5.78 Å². The van der Waals surface area contributed by atoms with E-state index in [1.165, 1.54) is 6.07 Å². The number of carbonyl (C=O) groups excluding carboxylic acids is 1. The van der Waals surface area contributed by atoms with Crippen molar-refractivity contribution in [1.29, 1.82) is 0 Å². The van der Waals surface area contributed by atoms with Crippen molar-refractivity contribution in [2.75, 3.05) is 0 Å².